The summed E-state index contributed by atoms with van der Waals surface area (Å²) in [6.45, 7) is 2.92. The number of nitrogens with two attached hydrogens (primary N) is 1. The summed E-state index contributed by atoms with van der Waals surface area (Å²) in [6, 6.07) is -1.15. The number of ether oxygens (including phenoxy) is 1. The Bertz CT molecular complexity index is 308. The number of carbonyl (C=O) groups excluding carboxylic acids is 2. The number of amides is 1. The van der Waals surface area contributed by atoms with Crippen molar-refractivity contribution in [3.63, 3.8) is 0 Å². The molecule has 7 heteroatoms. The molecule has 7 nitrogen and oxygen atoms in total. The first-order valence-corrected chi connectivity index (χ1v) is 5.08. The highest BCUT2D eigenvalue weighted by atomic mass is 16.5. The highest BCUT2D eigenvalue weighted by Gasteiger charge is 2.28. The molecule has 4 N–H and O–H groups in total. The zero-order valence-electron chi connectivity index (χ0n) is 10.1. The number of rotatable bonds is 6. The fourth-order valence-electron chi connectivity index (χ4n) is 0.966. The number of hydrogen-bond acceptors (Lipinski definition) is 5. The number of esters is 1. The number of methoxy groups -OCH3 is 1. The smallest absolute Gasteiger partial charge is 0.326 e. The molecule has 1 atom stereocenters. The molecule has 0 saturated heterocycles. The molecule has 0 aromatic carbocycles. The molecule has 0 aliphatic heterocycles. The molecule has 98 valence electrons. The summed E-state index contributed by atoms with van der Waals surface area (Å²) in [5, 5.41) is 11.1. The summed E-state index contributed by atoms with van der Waals surface area (Å²) in [5.41, 5.74) is 4.35. The summed E-state index contributed by atoms with van der Waals surface area (Å²) >= 11 is 0. The molecule has 0 radical (unpaired) electrons. The van der Waals surface area contributed by atoms with Crippen LogP contribution in [-0.4, -0.2) is 41.6 Å². The van der Waals surface area contributed by atoms with Gasteiger partial charge in [0.25, 0.3) is 0 Å². The third-order valence-electron chi connectivity index (χ3n) is 2.05. The number of nitrogens with one attached hydrogen (secondary N) is 1. The van der Waals surface area contributed by atoms with E-state index >= 15 is 0 Å². The maximum absolute atomic E-state index is 11.5. The van der Waals surface area contributed by atoms with Crippen molar-refractivity contribution in [2.75, 3.05) is 7.11 Å². The van der Waals surface area contributed by atoms with E-state index in [1.54, 1.807) is 0 Å². The van der Waals surface area contributed by atoms with E-state index in [4.69, 9.17) is 10.8 Å². The van der Waals surface area contributed by atoms with Crippen LogP contribution in [0.15, 0.2) is 0 Å². The average Bonchev–Trinajstić information content (AvgIpc) is 2.21. The molecule has 0 aliphatic carbocycles. The van der Waals surface area contributed by atoms with Gasteiger partial charge in [-0.15, -0.1) is 0 Å². The van der Waals surface area contributed by atoms with E-state index in [1.165, 1.54) is 21.0 Å². The van der Waals surface area contributed by atoms with Gasteiger partial charge in [-0.25, -0.2) is 4.79 Å². The molecular formula is C10H18N2O5. The molecule has 0 heterocycles. The predicted molar refractivity (Wildman–Crippen MR) is 59.1 cm³/mol. The van der Waals surface area contributed by atoms with Gasteiger partial charge in [0.1, 0.15) is 6.04 Å². The van der Waals surface area contributed by atoms with Crippen LogP contribution in [0.4, 0.5) is 0 Å². The van der Waals surface area contributed by atoms with Crippen LogP contribution in [0.3, 0.4) is 0 Å². The van der Waals surface area contributed by atoms with Crippen LogP contribution in [-0.2, 0) is 19.1 Å². The number of hydrogen-bond donors (Lipinski definition) is 3. The Morgan fingerprint density at radius 2 is 1.94 bits per heavy atom. The van der Waals surface area contributed by atoms with Crippen molar-refractivity contribution in [2.45, 2.75) is 38.3 Å². The minimum absolute atomic E-state index is 0.0379. The Balaban J connectivity index is 4.41. The van der Waals surface area contributed by atoms with Crippen molar-refractivity contribution in [3.8, 4) is 0 Å². The summed E-state index contributed by atoms with van der Waals surface area (Å²) in [7, 11) is 1.21. The Morgan fingerprint density at radius 3 is 2.29 bits per heavy atom. The lowest BCUT2D eigenvalue weighted by atomic mass is 10.0. The molecule has 0 bridgehead atoms. The van der Waals surface area contributed by atoms with Crippen molar-refractivity contribution in [1.29, 1.82) is 0 Å². The SMILES string of the molecule is COC(=O)CC[C@H](NC(=O)C(C)(C)N)C(=O)O. The maximum atomic E-state index is 11.5. The fraction of sp³-hybridized carbons (Fsp3) is 0.700. The molecule has 0 aromatic heterocycles. The van der Waals surface area contributed by atoms with Crippen LogP contribution in [0, 0.1) is 0 Å². The normalized spacial score (nSPS) is 12.7. The Labute approximate surface area is 99.3 Å². The van der Waals surface area contributed by atoms with Gasteiger partial charge in [-0.2, -0.15) is 0 Å². The fourth-order valence-corrected chi connectivity index (χ4v) is 0.966. The van der Waals surface area contributed by atoms with Crippen molar-refractivity contribution in [1.82, 2.24) is 5.32 Å². The van der Waals surface area contributed by atoms with Crippen molar-refractivity contribution in [2.24, 2.45) is 5.73 Å². The van der Waals surface area contributed by atoms with Crippen molar-refractivity contribution < 1.29 is 24.2 Å². The van der Waals surface area contributed by atoms with Gasteiger partial charge in [-0.3, -0.25) is 9.59 Å². The highest BCUT2D eigenvalue weighted by molar-refractivity contribution is 5.89. The molecular weight excluding hydrogens is 228 g/mol. The lowest BCUT2D eigenvalue weighted by molar-refractivity contribution is -0.144. The molecule has 17 heavy (non-hydrogen) atoms. The Kier molecular flexibility index (Phi) is 5.60. The molecule has 0 aromatic rings. The van der Waals surface area contributed by atoms with Crippen LogP contribution < -0.4 is 11.1 Å². The second kappa shape index (κ2) is 6.19. The second-order valence-electron chi connectivity index (χ2n) is 4.20. The van der Waals surface area contributed by atoms with Crippen LogP contribution in [0.25, 0.3) is 0 Å². The van der Waals surface area contributed by atoms with Gasteiger partial charge in [-0.1, -0.05) is 0 Å². The van der Waals surface area contributed by atoms with E-state index in [2.05, 4.69) is 10.1 Å². The molecule has 0 fully saturated rings. The molecule has 0 unspecified atom stereocenters. The third-order valence-corrected chi connectivity index (χ3v) is 2.05. The molecule has 0 spiro atoms. The summed E-state index contributed by atoms with van der Waals surface area (Å²) < 4.78 is 4.38. The first-order chi connectivity index (χ1) is 7.68. The van der Waals surface area contributed by atoms with Gasteiger partial charge in [0.15, 0.2) is 0 Å². The zero-order valence-corrected chi connectivity index (χ0v) is 10.1. The quantitative estimate of drug-likeness (QED) is 0.530. The van der Waals surface area contributed by atoms with Crippen LogP contribution in [0.1, 0.15) is 26.7 Å². The maximum Gasteiger partial charge on any atom is 0.326 e. The van der Waals surface area contributed by atoms with Crippen molar-refractivity contribution in [3.05, 3.63) is 0 Å². The van der Waals surface area contributed by atoms with E-state index in [0.717, 1.165) is 0 Å². The highest BCUT2D eigenvalue weighted by Crippen LogP contribution is 2.03. The van der Waals surface area contributed by atoms with Gasteiger partial charge in [0.2, 0.25) is 5.91 Å². The molecule has 0 aliphatic rings. The van der Waals surface area contributed by atoms with E-state index in [-0.39, 0.29) is 12.8 Å². The minimum Gasteiger partial charge on any atom is -0.480 e. The summed E-state index contributed by atoms with van der Waals surface area (Å²) in [4.78, 5) is 33.2. The van der Waals surface area contributed by atoms with E-state index < -0.39 is 29.4 Å². The van der Waals surface area contributed by atoms with Gasteiger partial charge in [-0.05, 0) is 20.3 Å². The first-order valence-electron chi connectivity index (χ1n) is 5.08. The summed E-state index contributed by atoms with van der Waals surface area (Å²) in [5.74, 6) is -2.33. The minimum atomic E-state index is -1.22. The van der Waals surface area contributed by atoms with Crippen molar-refractivity contribution >= 4 is 17.8 Å². The average molecular weight is 246 g/mol. The number of carbonyl (C=O) groups is 3. The predicted octanol–water partition coefficient (Wildman–Crippen LogP) is -0.754. The summed E-state index contributed by atoms with van der Waals surface area (Å²) in [6.07, 6.45) is -0.122. The van der Waals surface area contributed by atoms with Crippen LogP contribution >= 0.6 is 0 Å². The van der Waals surface area contributed by atoms with Gasteiger partial charge >= 0.3 is 11.9 Å². The Hall–Kier alpha value is -1.63. The third kappa shape index (κ3) is 5.86. The first kappa shape index (κ1) is 15.4. The standard InChI is InChI=1S/C10H18N2O5/c1-10(2,11)9(16)12-6(8(14)15)4-5-7(13)17-3/h6H,4-5,11H2,1-3H3,(H,12,16)(H,14,15)/t6-/m0/s1. The molecule has 0 saturated carbocycles. The second-order valence-corrected chi connectivity index (χ2v) is 4.20. The van der Waals surface area contributed by atoms with E-state index in [9.17, 15) is 14.4 Å². The molecule has 1 amide bonds. The van der Waals surface area contributed by atoms with Crippen LogP contribution in [0.5, 0.6) is 0 Å². The number of carboxylic acids is 1. The van der Waals surface area contributed by atoms with Gasteiger partial charge in [0.05, 0.1) is 12.6 Å². The van der Waals surface area contributed by atoms with Crippen LogP contribution in [0.2, 0.25) is 0 Å². The topological polar surface area (TPSA) is 119 Å². The lowest BCUT2D eigenvalue weighted by Crippen LogP contribution is -2.54. The largest absolute Gasteiger partial charge is 0.480 e. The number of aliphatic carboxylic acids is 1. The monoisotopic (exact) mass is 246 g/mol. The lowest BCUT2D eigenvalue weighted by Gasteiger charge is -2.21. The van der Waals surface area contributed by atoms with E-state index in [1.807, 2.05) is 0 Å². The van der Waals surface area contributed by atoms with Gasteiger partial charge < -0.3 is 20.9 Å². The van der Waals surface area contributed by atoms with E-state index in [0.29, 0.717) is 0 Å². The zero-order chi connectivity index (χ0) is 13.6. The Morgan fingerprint density at radius 1 is 1.41 bits per heavy atom. The number of carboxylic acid groups (broad SMARTS) is 1. The van der Waals surface area contributed by atoms with Gasteiger partial charge in [0, 0.05) is 6.42 Å². The molecule has 0 rings (SSSR count).